The van der Waals surface area contributed by atoms with Gasteiger partial charge in [0, 0.05) is 11.4 Å². The number of hydrogen-bond donors (Lipinski definition) is 1. The molecule has 1 amide bonds. The van der Waals surface area contributed by atoms with E-state index >= 15 is 0 Å². The van der Waals surface area contributed by atoms with Gasteiger partial charge in [0.05, 0.1) is 13.5 Å². The maximum Gasteiger partial charge on any atom is 0.328 e. The lowest BCUT2D eigenvalue weighted by Gasteiger charge is -2.17. The largest absolute Gasteiger partial charge is 0.467 e. The first-order valence-corrected chi connectivity index (χ1v) is 7.72. The SMILES string of the molecule is COC(=O)[C@H](Cc1ccccc1Cl)NC(=O)Cc1cccc(F)c1. The van der Waals surface area contributed by atoms with Gasteiger partial charge in [-0.05, 0) is 29.3 Å². The molecule has 0 radical (unpaired) electrons. The van der Waals surface area contributed by atoms with Crippen LogP contribution in [0.5, 0.6) is 0 Å². The molecule has 0 aromatic heterocycles. The van der Waals surface area contributed by atoms with Gasteiger partial charge in [-0.1, -0.05) is 41.9 Å². The van der Waals surface area contributed by atoms with Crippen molar-refractivity contribution < 1.29 is 18.7 Å². The smallest absolute Gasteiger partial charge is 0.328 e. The number of carbonyl (C=O) groups is 2. The second-order valence-corrected chi connectivity index (χ2v) is 5.65. The van der Waals surface area contributed by atoms with Gasteiger partial charge in [0.15, 0.2) is 0 Å². The Morgan fingerprint density at radius 3 is 2.62 bits per heavy atom. The van der Waals surface area contributed by atoms with E-state index in [0.29, 0.717) is 10.6 Å². The van der Waals surface area contributed by atoms with Gasteiger partial charge in [-0.25, -0.2) is 9.18 Å². The van der Waals surface area contributed by atoms with Crippen molar-refractivity contribution in [3.05, 3.63) is 70.5 Å². The zero-order valence-electron chi connectivity index (χ0n) is 13.1. The summed E-state index contributed by atoms with van der Waals surface area (Å²) in [5.74, 6) is -1.38. The zero-order valence-corrected chi connectivity index (χ0v) is 13.8. The van der Waals surface area contributed by atoms with Crippen molar-refractivity contribution in [2.75, 3.05) is 7.11 Å². The van der Waals surface area contributed by atoms with Gasteiger partial charge in [-0.2, -0.15) is 0 Å². The molecular formula is C18H17ClFNO3. The summed E-state index contributed by atoms with van der Waals surface area (Å²) >= 11 is 6.09. The van der Waals surface area contributed by atoms with E-state index in [2.05, 4.69) is 5.32 Å². The number of nitrogens with one attached hydrogen (secondary N) is 1. The van der Waals surface area contributed by atoms with Gasteiger partial charge in [0.1, 0.15) is 11.9 Å². The fourth-order valence-corrected chi connectivity index (χ4v) is 2.51. The van der Waals surface area contributed by atoms with E-state index in [1.165, 1.54) is 25.3 Å². The Kier molecular flexibility index (Phi) is 6.32. The monoisotopic (exact) mass is 349 g/mol. The molecule has 0 bridgehead atoms. The lowest BCUT2D eigenvalue weighted by Crippen LogP contribution is -2.43. The quantitative estimate of drug-likeness (QED) is 0.816. The highest BCUT2D eigenvalue weighted by molar-refractivity contribution is 6.31. The van der Waals surface area contributed by atoms with E-state index in [0.717, 1.165) is 5.56 Å². The first-order valence-electron chi connectivity index (χ1n) is 7.34. The average Bonchev–Trinajstić information content (AvgIpc) is 2.55. The highest BCUT2D eigenvalue weighted by Crippen LogP contribution is 2.17. The van der Waals surface area contributed by atoms with Gasteiger partial charge in [0.2, 0.25) is 5.91 Å². The summed E-state index contributed by atoms with van der Waals surface area (Å²) in [6.45, 7) is 0. The fraction of sp³-hybridized carbons (Fsp3) is 0.222. The molecule has 126 valence electrons. The van der Waals surface area contributed by atoms with Crippen LogP contribution in [0.25, 0.3) is 0 Å². The van der Waals surface area contributed by atoms with Crippen LogP contribution in [0.2, 0.25) is 5.02 Å². The summed E-state index contributed by atoms with van der Waals surface area (Å²) in [5, 5.41) is 3.12. The lowest BCUT2D eigenvalue weighted by molar-refractivity contribution is -0.145. The van der Waals surface area contributed by atoms with Crippen LogP contribution < -0.4 is 5.32 Å². The van der Waals surface area contributed by atoms with Gasteiger partial charge in [0.25, 0.3) is 0 Å². The highest BCUT2D eigenvalue weighted by Gasteiger charge is 2.23. The van der Waals surface area contributed by atoms with Crippen LogP contribution in [-0.2, 0) is 27.2 Å². The number of methoxy groups -OCH3 is 1. The van der Waals surface area contributed by atoms with Crippen molar-refractivity contribution in [3.8, 4) is 0 Å². The molecule has 24 heavy (non-hydrogen) atoms. The first kappa shape index (κ1) is 17.9. The number of amides is 1. The standard InChI is InChI=1S/C18H17ClFNO3/c1-24-18(23)16(11-13-6-2-3-8-15(13)19)21-17(22)10-12-5-4-7-14(20)9-12/h2-9,16H,10-11H2,1H3,(H,21,22)/t16-/m0/s1. The maximum atomic E-state index is 13.2. The summed E-state index contributed by atoms with van der Waals surface area (Å²) in [4.78, 5) is 24.1. The third kappa shape index (κ3) is 5.06. The molecule has 0 saturated carbocycles. The number of benzene rings is 2. The minimum atomic E-state index is -0.865. The van der Waals surface area contributed by atoms with E-state index in [-0.39, 0.29) is 12.8 Å². The Hall–Kier alpha value is -2.40. The minimum absolute atomic E-state index is 0.0340. The lowest BCUT2D eigenvalue weighted by atomic mass is 10.1. The molecule has 2 aromatic rings. The summed E-state index contributed by atoms with van der Waals surface area (Å²) in [6, 6.07) is 11.9. The van der Waals surface area contributed by atoms with E-state index in [9.17, 15) is 14.0 Å². The van der Waals surface area contributed by atoms with Crippen LogP contribution >= 0.6 is 11.6 Å². The summed E-state index contributed by atoms with van der Waals surface area (Å²) in [5.41, 5.74) is 1.24. The topological polar surface area (TPSA) is 55.4 Å². The summed E-state index contributed by atoms with van der Waals surface area (Å²) in [6.07, 6.45) is 0.176. The van der Waals surface area contributed by atoms with Crippen LogP contribution in [0.3, 0.4) is 0 Å². The van der Waals surface area contributed by atoms with Crippen molar-refractivity contribution in [1.29, 1.82) is 0 Å². The third-order valence-corrected chi connectivity index (χ3v) is 3.83. The van der Waals surface area contributed by atoms with Gasteiger partial charge >= 0.3 is 5.97 Å². The Bertz CT molecular complexity index is 736. The second kappa shape index (κ2) is 8.45. The molecule has 4 nitrogen and oxygen atoms in total. The predicted octanol–water partition coefficient (Wildman–Crippen LogP) is 2.92. The molecule has 0 saturated heterocycles. The predicted molar refractivity (Wildman–Crippen MR) is 89.2 cm³/mol. The third-order valence-electron chi connectivity index (χ3n) is 3.46. The Morgan fingerprint density at radius 1 is 1.21 bits per heavy atom. The molecular weight excluding hydrogens is 333 g/mol. The van der Waals surface area contributed by atoms with Gasteiger partial charge in [-0.15, -0.1) is 0 Å². The van der Waals surface area contributed by atoms with Gasteiger partial charge in [-0.3, -0.25) is 4.79 Å². The Labute approximate surface area is 144 Å². The van der Waals surface area contributed by atoms with E-state index in [4.69, 9.17) is 16.3 Å². The van der Waals surface area contributed by atoms with Crippen molar-refractivity contribution in [1.82, 2.24) is 5.32 Å². The number of esters is 1. The van der Waals surface area contributed by atoms with E-state index < -0.39 is 23.7 Å². The molecule has 0 aliphatic heterocycles. The molecule has 1 atom stereocenters. The van der Waals surface area contributed by atoms with Crippen LogP contribution in [0, 0.1) is 5.82 Å². The molecule has 2 aromatic carbocycles. The number of halogens is 2. The summed E-state index contributed by atoms with van der Waals surface area (Å²) in [7, 11) is 1.25. The molecule has 0 aliphatic carbocycles. The normalized spacial score (nSPS) is 11.6. The molecule has 2 rings (SSSR count). The molecule has 0 unspecified atom stereocenters. The Morgan fingerprint density at radius 2 is 1.96 bits per heavy atom. The van der Waals surface area contributed by atoms with E-state index in [1.807, 2.05) is 0 Å². The number of hydrogen-bond acceptors (Lipinski definition) is 3. The minimum Gasteiger partial charge on any atom is -0.467 e. The van der Waals surface area contributed by atoms with Gasteiger partial charge < -0.3 is 10.1 Å². The van der Waals surface area contributed by atoms with Crippen molar-refractivity contribution in [2.24, 2.45) is 0 Å². The average molecular weight is 350 g/mol. The fourth-order valence-electron chi connectivity index (χ4n) is 2.30. The van der Waals surface area contributed by atoms with Crippen LogP contribution in [0.15, 0.2) is 48.5 Å². The van der Waals surface area contributed by atoms with Crippen molar-refractivity contribution in [3.63, 3.8) is 0 Å². The zero-order chi connectivity index (χ0) is 17.5. The number of rotatable bonds is 6. The molecule has 0 spiro atoms. The highest BCUT2D eigenvalue weighted by atomic mass is 35.5. The number of ether oxygens (including phenoxy) is 1. The molecule has 0 heterocycles. The molecule has 0 fully saturated rings. The van der Waals surface area contributed by atoms with Crippen LogP contribution in [0.1, 0.15) is 11.1 Å². The molecule has 0 aliphatic rings. The maximum absolute atomic E-state index is 13.2. The van der Waals surface area contributed by atoms with Crippen molar-refractivity contribution >= 4 is 23.5 Å². The Balaban J connectivity index is 2.07. The van der Waals surface area contributed by atoms with E-state index in [1.54, 1.807) is 30.3 Å². The van der Waals surface area contributed by atoms with Crippen molar-refractivity contribution in [2.45, 2.75) is 18.9 Å². The second-order valence-electron chi connectivity index (χ2n) is 5.25. The van der Waals surface area contributed by atoms with Crippen LogP contribution in [-0.4, -0.2) is 25.0 Å². The first-order chi connectivity index (χ1) is 11.5. The molecule has 6 heteroatoms. The number of carbonyl (C=O) groups excluding carboxylic acids is 2. The summed E-state index contributed by atoms with van der Waals surface area (Å²) < 4.78 is 17.9. The van der Waals surface area contributed by atoms with Crippen LogP contribution in [0.4, 0.5) is 4.39 Å². The molecule has 1 N–H and O–H groups in total.